The molecule has 0 aliphatic heterocycles. The van der Waals surface area contributed by atoms with Crippen LogP contribution in [-0.4, -0.2) is 38.7 Å². The van der Waals surface area contributed by atoms with Gasteiger partial charge in [0.2, 0.25) is 5.91 Å². The molecule has 0 saturated carbocycles. The van der Waals surface area contributed by atoms with Crippen LogP contribution in [0.5, 0.6) is 5.75 Å². The molecule has 2 N–H and O–H groups in total. The van der Waals surface area contributed by atoms with Crippen molar-refractivity contribution in [2.24, 2.45) is 0 Å². The molecule has 1 rings (SSSR count). The Morgan fingerprint density at radius 1 is 1.25 bits per heavy atom. The summed E-state index contributed by atoms with van der Waals surface area (Å²) in [5.74, 6) is 0.0152. The molecule has 1 aromatic carbocycles. The molecule has 0 spiro atoms. The molecule has 0 radical (unpaired) electrons. The Kier molecular flexibility index (Phi) is 6.52. The van der Waals surface area contributed by atoms with Crippen LogP contribution in [0.3, 0.4) is 0 Å². The van der Waals surface area contributed by atoms with Crippen LogP contribution in [0.25, 0.3) is 0 Å². The second kappa shape index (κ2) is 8.16. The van der Waals surface area contributed by atoms with Crippen molar-refractivity contribution in [3.8, 4) is 5.75 Å². The lowest BCUT2D eigenvalue weighted by atomic mass is 10.2. The normalized spacial score (nSPS) is 11.6. The average molecular weight is 280 g/mol. The molecule has 0 aliphatic rings. The molecule has 0 fully saturated rings. The van der Waals surface area contributed by atoms with Crippen molar-refractivity contribution in [1.29, 1.82) is 0 Å². The smallest absolute Gasteiger partial charge is 0.329 e. The highest BCUT2D eigenvalue weighted by molar-refractivity contribution is 5.83. The number of benzene rings is 1. The molecular formula is C14H20N2O4. The van der Waals surface area contributed by atoms with Gasteiger partial charge in [-0.25, -0.2) is 4.79 Å². The number of ether oxygens (including phenoxy) is 2. The van der Waals surface area contributed by atoms with Crippen molar-refractivity contribution < 1.29 is 19.1 Å². The van der Waals surface area contributed by atoms with Crippen LogP contribution in [0.1, 0.15) is 12.5 Å². The molecule has 1 aromatic rings. The third-order valence-corrected chi connectivity index (χ3v) is 2.72. The summed E-state index contributed by atoms with van der Waals surface area (Å²) in [6.07, 6.45) is 0. The second-order valence-electron chi connectivity index (χ2n) is 4.22. The zero-order valence-corrected chi connectivity index (χ0v) is 11.9. The minimum Gasteiger partial charge on any atom is -0.496 e. The number of carbonyl (C=O) groups excluding carboxylic acids is 2. The van der Waals surface area contributed by atoms with Crippen molar-refractivity contribution in [2.75, 3.05) is 20.8 Å². The van der Waals surface area contributed by atoms with Gasteiger partial charge in [0.25, 0.3) is 0 Å². The van der Waals surface area contributed by atoms with Crippen molar-refractivity contribution in [2.45, 2.75) is 19.5 Å². The van der Waals surface area contributed by atoms with E-state index in [0.717, 1.165) is 11.3 Å². The van der Waals surface area contributed by atoms with E-state index in [0.29, 0.717) is 6.54 Å². The molecule has 0 bridgehead atoms. The SMILES string of the molecule is COC(=O)C(CNCc1ccccc1OC)NC(C)=O. The first kappa shape index (κ1) is 16.0. The van der Waals surface area contributed by atoms with Gasteiger partial charge in [0.05, 0.1) is 14.2 Å². The molecule has 6 heteroatoms. The van der Waals surface area contributed by atoms with E-state index in [1.54, 1.807) is 7.11 Å². The first-order chi connectivity index (χ1) is 9.58. The predicted molar refractivity (Wildman–Crippen MR) is 74.3 cm³/mol. The lowest BCUT2D eigenvalue weighted by Crippen LogP contribution is -2.46. The second-order valence-corrected chi connectivity index (χ2v) is 4.22. The number of carbonyl (C=O) groups is 2. The molecule has 110 valence electrons. The first-order valence-corrected chi connectivity index (χ1v) is 6.26. The standard InChI is InChI=1S/C14H20N2O4/c1-10(17)16-12(14(18)20-3)9-15-8-11-6-4-5-7-13(11)19-2/h4-7,12,15H,8-9H2,1-3H3,(H,16,17). The Labute approximate surface area is 118 Å². The van der Waals surface area contributed by atoms with Gasteiger partial charge in [0.15, 0.2) is 0 Å². The fraction of sp³-hybridized carbons (Fsp3) is 0.429. The van der Waals surface area contributed by atoms with Crippen LogP contribution < -0.4 is 15.4 Å². The van der Waals surface area contributed by atoms with Gasteiger partial charge in [0, 0.05) is 25.6 Å². The third-order valence-electron chi connectivity index (χ3n) is 2.72. The quantitative estimate of drug-likeness (QED) is 0.710. The van der Waals surface area contributed by atoms with Crippen molar-refractivity contribution in [1.82, 2.24) is 10.6 Å². The third kappa shape index (κ3) is 4.89. The van der Waals surface area contributed by atoms with Gasteiger partial charge in [-0.1, -0.05) is 18.2 Å². The maximum atomic E-state index is 11.5. The van der Waals surface area contributed by atoms with E-state index < -0.39 is 12.0 Å². The Morgan fingerprint density at radius 2 is 1.95 bits per heavy atom. The van der Waals surface area contributed by atoms with Crippen LogP contribution in [0, 0.1) is 0 Å². The van der Waals surface area contributed by atoms with Gasteiger partial charge in [-0.05, 0) is 6.07 Å². The van der Waals surface area contributed by atoms with Gasteiger partial charge in [-0.3, -0.25) is 4.79 Å². The monoisotopic (exact) mass is 280 g/mol. The van der Waals surface area contributed by atoms with Gasteiger partial charge in [0.1, 0.15) is 11.8 Å². The van der Waals surface area contributed by atoms with Crippen LogP contribution >= 0.6 is 0 Å². The van der Waals surface area contributed by atoms with Crippen LogP contribution in [-0.2, 0) is 20.9 Å². The summed E-state index contributed by atoms with van der Waals surface area (Å²) in [6, 6.07) is 6.88. The Balaban J connectivity index is 2.55. The number of hydrogen-bond acceptors (Lipinski definition) is 5. The maximum Gasteiger partial charge on any atom is 0.329 e. The number of para-hydroxylation sites is 1. The van der Waals surface area contributed by atoms with E-state index in [1.165, 1.54) is 14.0 Å². The number of amides is 1. The highest BCUT2D eigenvalue weighted by atomic mass is 16.5. The average Bonchev–Trinajstić information content (AvgIpc) is 2.45. The van der Waals surface area contributed by atoms with Gasteiger partial charge < -0.3 is 20.1 Å². The summed E-state index contributed by atoms with van der Waals surface area (Å²) in [5.41, 5.74) is 0.974. The van der Waals surface area contributed by atoms with E-state index >= 15 is 0 Å². The zero-order chi connectivity index (χ0) is 15.0. The van der Waals surface area contributed by atoms with Gasteiger partial charge in [-0.15, -0.1) is 0 Å². The summed E-state index contributed by atoms with van der Waals surface area (Å²) >= 11 is 0. The number of hydrogen-bond donors (Lipinski definition) is 2. The fourth-order valence-electron chi connectivity index (χ4n) is 1.78. The molecular weight excluding hydrogens is 260 g/mol. The lowest BCUT2D eigenvalue weighted by Gasteiger charge is -2.16. The zero-order valence-electron chi connectivity index (χ0n) is 11.9. The number of methoxy groups -OCH3 is 2. The molecule has 1 atom stereocenters. The van der Waals surface area contributed by atoms with Crippen LogP contribution in [0.2, 0.25) is 0 Å². The number of nitrogens with one attached hydrogen (secondary N) is 2. The molecule has 0 saturated heterocycles. The Morgan fingerprint density at radius 3 is 2.55 bits per heavy atom. The lowest BCUT2D eigenvalue weighted by molar-refractivity contribution is -0.144. The largest absolute Gasteiger partial charge is 0.496 e. The molecule has 20 heavy (non-hydrogen) atoms. The predicted octanol–water partition coefficient (Wildman–Crippen LogP) is 0.462. The summed E-state index contributed by atoms with van der Waals surface area (Å²) in [5, 5.41) is 5.64. The van der Waals surface area contributed by atoms with Crippen molar-refractivity contribution in [3.05, 3.63) is 29.8 Å². The van der Waals surface area contributed by atoms with E-state index in [4.69, 9.17) is 4.74 Å². The van der Waals surface area contributed by atoms with Crippen molar-refractivity contribution >= 4 is 11.9 Å². The highest BCUT2D eigenvalue weighted by Gasteiger charge is 2.19. The number of rotatable bonds is 7. The van der Waals surface area contributed by atoms with E-state index in [-0.39, 0.29) is 12.5 Å². The topological polar surface area (TPSA) is 76.7 Å². The van der Waals surface area contributed by atoms with Crippen LogP contribution in [0.4, 0.5) is 0 Å². The highest BCUT2D eigenvalue weighted by Crippen LogP contribution is 2.16. The number of esters is 1. The van der Waals surface area contributed by atoms with E-state index in [9.17, 15) is 9.59 Å². The van der Waals surface area contributed by atoms with E-state index in [2.05, 4.69) is 15.4 Å². The molecule has 0 aliphatic carbocycles. The molecule has 0 aromatic heterocycles. The van der Waals surface area contributed by atoms with Gasteiger partial charge >= 0.3 is 5.97 Å². The Hall–Kier alpha value is -2.08. The molecule has 1 amide bonds. The molecule has 1 unspecified atom stereocenters. The fourth-order valence-corrected chi connectivity index (χ4v) is 1.78. The Bertz CT molecular complexity index is 462. The van der Waals surface area contributed by atoms with E-state index in [1.807, 2.05) is 24.3 Å². The summed E-state index contributed by atoms with van der Waals surface area (Å²) in [7, 11) is 2.89. The first-order valence-electron chi connectivity index (χ1n) is 6.26. The summed E-state index contributed by atoms with van der Waals surface area (Å²) in [4.78, 5) is 22.6. The molecule has 0 heterocycles. The summed E-state index contributed by atoms with van der Waals surface area (Å²) in [6.45, 7) is 2.16. The summed E-state index contributed by atoms with van der Waals surface area (Å²) < 4.78 is 9.88. The minimum absolute atomic E-state index is 0.278. The van der Waals surface area contributed by atoms with Gasteiger partial charge in [-0.2, -0.15) is 0 Å². The van der Waals surface area contributed by atoms with Crippen molar-refractivity contribution in [3.63, 3.8) is 0 Å². The maximum absolute atomic E-state index is 11.5. The minimum atomic E-state index is -0.702. The van der Waals surface area contributed by atoms with Crippen LogP contribution in [0.15, 0.2) is 24.3 Å². The molecule has 6 nitrogen and oxygen atoms in total.